The van der Waals surface area contributed by atoms with Gasteiger partial charge in [0.2, 0.25) is 0 Å². The van der Waals surface area contributed by atoms with Crippen LogP contribution < -0.4 is 5.73 Å². The van der Waals surface area contributed by atoms with E-state index >= 15 is 0 Å². The van der Waals surface area contributed by atoms with Crippen LogP contribution in [0.4, 0.5) is 0 Å². The second-order valence-electron chi connectivity index (χ2n) is 6.24. The molecule has 1 aliphatic rings. The molecule has 2 atom stereocenters. The van der Waals surface area contributed by atoms with Gasteiger partial charge < -0.3 is 10.8 Å². The topological polar surface area (TPSA) is 46.2 Å². The molecule has 0 spiro atoms. The van der Waals surface area contributed by atoms with Gasteiger partial charge in [-0.15, -0.1) is 0 Å². The molecule has 0 saturated carbocycles. The number of aryl methyl sites for hydroxylation is 1. The highest BCUT2D eigenvalue weighted by molar-refractivity contribution is 5.41. The molecule has 2 rings (SSSR count). The van der Waals surface area contributed by atoms with Gasteiger partial charge in [-0.25, -0.2) is 0 Å². The number of aliphatic hydroxyl groups excluding tert-OH is 1. The molecule has 1 aliphatic carbocycles. The Bertz CT molecular complexity index is 418. The van der Waals surface area contributed by atoms with Gasteiger partial charge in [-0.1, -0.05) is 63.3 Å². The molecule has 0 saturated heterocycles. The van der Waals surface area contributed by atoms with Gasteiger partial charge in [0, 0.05) is 12.0 Å². The highest BCUT2D eigenvalue weighted by Gasteiger charge is 2.42. The molecule has 0 heterocycles. The van der Waals surface area contributed by atoms with Crippen molar-refractivity contribution >= 4 is 0 Å². The summed E-state index contributed by atoms with van der Waals surface area (Å²) in [5, 5.41) is 10.7. The maximum absolute atomic E-state index is 10.7. The molecule has 0 amide bonds. The largest absolute Gasteiger partial charge is 0.392 e. The second kappa shape index (κ2) is 7.24. The van der Waals surface area contributed by atoms with Crippen LogP contribution in [0.5, 0.6) is 0 Å². The molecule has 112 valence electrons. The highest BCUT2D eigenvalue weighted by Crippen LogP contribution is 2.42. The lowest BCUT2D eigenvalue weighted by molar-refractivity contribution is 0.0736. The first-order chi connectivity index (χ1) is 9.74. The number of hydrogen-bond donors (Lipinski definition) is 2. The van der Waals surface area contributed by atoms with E-state index in [4.69, 9.17) is 5.73 Å². The van der Waals surface area contributed by atoms with Gasteiger partial charge in [0.05, 0.1) is 6.10 Å². The molecular weight excluding hydrogens is 246 g/mol. The average molecular weight is 275 g/mol. The van der Waals surface area contributed by atoms with E-state index in [1.165, 1.54) is 36.8 Å². The Morgan fingerprint density at radius 1 is 1.20 bits per heavy atom. The summed E-state index contributed by atoms with van der Waals surface area (Å²) in [4.78, 5) is 0. The first-order valence-electron chi connectivity index (χ1n) is 8.21. The molecule has 3 N–H and O–H groups in total. The Hall–Kier alpha value is -0.860. The lowest BCUT2D eigenvalue weighted by Gasteiger charge is -2.34. The summed E-state index contributed by atoms with van der Waals surface area (Å²) in [6.07, 6.45) is 8.85. The van der Waals surface area contributed by atoms with Gasteiger partial charge in [-0.05, 0) is 30.4 Å². The van der Waals surface area contributed by atoms with Crippen LogP contribution in [0.15, 0.2) is 24.3 Å². The summed E-state index contributed by atoms with van der Waals surface area (Å²) in [5.74, 6) is 0. The van der Waals surface area contributed by atoms with Crippen molar-refractivity contribution in [2.24, 2.45) is 5.73 Å². The van der Waals surface area contributed by atoms with Crippen LogP contribution in [-0.4, -0.2) is 17.8 Å². The molecule has 0 aliphatic heterocycles. The van der Waals surface area contributed by atoms with Crippen molar-refractivity contribution in [3.05, 3.63) is 35.4 Å². The normalized spacial score (nSPS) is 22.8. The number of rotatable bonds is 8. The summed E-state index contributed by atoms with van der Waals surface area (Å²) in [6.45, 7) is 2.79. The van der Waals surface area contributed by atoms with Crippen LogP contribution in [0.2, 0.25) is 0 Å². The third-order valence-corrected chi connectivity index (χ3v) is 4.98. The molecule has 1 aromatic rings. The van der Waals surface area contributed by atoms with Crippen molar-refractivity contribution < 1.29 is 5.11 Å². The Balaban J connectivity index is 1.98. The zero-order valence-corrected chi connectivity index (χ0v) is 12.8. The second-order valence-corrected chi connectivity index (χ2v) is 6.24. The Morgan fingerprint density at radius 2 is 1.95 bits per heavy atom. The molecular formula is C18H29NO. The first-order valence-corrected chi connectivity index (χ1v) is 8.21. The van der Waals surface area contributed by atoms with E-state index in [1.807, 2.05) is 0 Å². The zero-order chi connectivity index (χ0) is 14.4. The highest BCUT2D eigenvalue weighted by atomic mass is 16.3. The predicted molar refractivity (Wildman–Crippen MR) is 84.9 cm³/mol. The summed E-state index contributed by atoms with van der Waals surface area (Å²) in [7, 11) is 0. The molecule has 2 heteroatoms. The molecule has 0 radical (unpaired) electrons. The van der Waals surface area contributed by atoms with E-state index in [9.17, 15) is 5.11 Å². The van der Waals surface area contributed by atoms with Crippen molar-refractivity contribution in [1.82, 2.24) is 0 Å². The predicted octanol–water partition coefficient (Wildman–Crippen LogP) is 3.55. The number of nitrogens with two attached hydrogens (primary N) is 1. The molecule has 0 fully saturated rings. The quantitative estimate of drug-likeness (QED) is 0.713. The van der Waals surface area contributed by atoms with Gasteiger partial charge >= 0.3 is 0 Å². The monoisotopic (exact) mass is 275 g/mol. The summed E-state index contributed by atoms with van der Waals surface area (Å²) in [5.41, 5.74) is 8.56. The van der Waals surface area contributed by atoms with E-state index < -0.39 is 0 Å². The van der Waals surface area contributed by atoms with Crippen LogP contribution in [-0.2, 0) is 11.8 Å². The molecule has 0 aromatic heterocycles. The fourth-order valence-electron chi connectivity index (χ4n) is 3.63. The van der Waals surface area contributed by atoms with E-state index in [0.717, 1.165) is 25.7 Å². The minimum absolute atomic E-state index is 0.193. The number of aliphatic hydroxyl groups is 1. The molecule has 0 bridgehead atoms. The Morgan fingerprint density at radius 3 is 2.70 bits per heavy atom. The fourth-order valence-corrected chi connectivity index (χ4v) is 3.63. The van der Waals surface area contributed by atoms with Crippen LogP contribution in [0.1, 0.15) is 63.0 Å². The number of hydrogen-bond acceptors (Lipinski definition) is 2. The van der Waals surface area contributed by atoms with Crippen molar-refractivity contribution in [3.8, 4) is 0 Å². The maximum atomic E-state index is 10.7. The number of unbranched alkanes of at least 4 members (excludes halogenated alkanes) is 4. The zero-order valence-electron chi connectivity index (χ0n) is 12.8. The summed E-state index contributed by atoms with van der Waals surface area (Å²) in [6, 6.07) is 8.50. The third kappa shape index (κ3) is 3.07. The Kier molecular flexibility index (Phi) is 5.62. The number of fused-ring (bicyclic) bond motifs is 1. The molecule has 2 nitrogen and oxygen atoms in total. The van der Waals surface area contributed by atoms with Crippen LogP contribution in [0.25, 0.3) is 0 Å². The standard InChI is InChI=1S/C18H29NO/c1-2-3-4-5-6-11-17(20)18(14-19)13-12-15-9-7-8-10-16(15)18/h7-10,17,20H,2-6,11-14,19H2,1H3. The van der Waals surface area contributed by atoms with Crippen molar-refractivity contribution in [1.29, 1.82) is 0 Å². The average Bonchev–Trinajstić information content (AvgIpc) is 2.87. The van der Waals surface area contributed by atoms with E-state index in [2.05, 4.69) is 31.2 Å². The van der Waals surface area contributed by atoms with Gasteiger partial charge in [-0.3, -0.25) is 0 Å². The lowest BCUT2D eigenvalue weighted by Crippen LogP contribution is -2.44. The lowest BCUT2D eigenvalue weighted by atomic mass is 9.75. The SMILES string of the molecule is CCCCCCCC(O)C1(CN)CCc2ccccc21. The van der Waals surface area contributed by atoms with Gasteiger partial charge in [0.1, 0.15) is 0 Å². The van der Waals surface area contributed by atoms with E-state index in [1.54, 1.807) is 0 Å². The number of benzene rings is 1. The summed E-state index contributed by atoms with van der Waals surface area (Å²) >= 11 is 0. The van der Waals surface area contributed by atoms with Gasteiger partial charge in [0.25, 0.3) is 0 Å². The molecule has 20 heavy (non-hydrogen) atoms. The minimum atomic E-state index is -0.294. The maximum Gasteiger partial charge on any atom is 0.0649 e. The van der Waals surface area contributed by atoms with E-state index in [0.29, 0.717) is 6.54 Å². The van der Waals surface area contributed by atoms with Gasteiger partial charge in [0.15, 0.2) is 0 Å². The van der Waals surface area contributed by atoms with E-state index in [-0.39, 0.29) is 11.5 Å². The van der Waals surface area contributed by atoms with Crippen LogP contribution in [0, 0.1) is 0 Å². The van der Waals surface area contributed by atoms with Crippen molar-refractivity contribution in [2.75, 3.05) is 6.54 Å². The molecule has 1 aromatic carbocycles. The third-order valence-electron chi connectivity index (χ3n) is 4.98. The fraction of sp³-hybridized carbons (Fsp3) is 0.667. The van der Waals surface area contributed by atoms with Crippen LogP contribution in [0.3, 0.4) is 0 Å². The smallest absolute Gasteiger partial charge is 0.0649 e. The van der Waals surface area contributed by atoms with Crippen LogP contribution >= 0.6 is 0 Å². The summed E-state index contributed by atoms with van der Waals surface area (Å²) < 4.78 is 0. The Labute approximate surface area is 123 Å². The van der Waals surface area contributed by atoms with Crippen molar-refractivity contribution in [2.45, 2.75) is 69.8 Å². The molecule has 2 unspecified atom stereocenters. The van der Waals surface area contributed by atoms with Crippen molar-refractivity contribution in [3.63, 3.8) is 0 Å². The minimum Gasteiger partial charge on any atom is -0.392 e. The van der Waals surface area contributed by atoms with Gasteiger partial charge in [-0.2, -0.15) is 0 Å². The first kappa shape index (κ1) is 15.5.